The molecule has 11 heavy (non-hydrogen) atoms. The van der Waals surface area contributed by atoms with E-state index in [0.717, 1.165) is 11.2 Å². The van der Waals surface area contributed by atoms with Crippen LogP contribution in [0.15, 0.2) is 18.2 Å². The average Bonchev–Trinajstić information content (AvgIpc) is 2.31. The highest BCUT2D eigenvalue weighted by molar-refractivity contribution is 5.80. The van der Waals surface area contributed by atoms with Crippen LogP contribution in [0.4, 0.5) is 4.39 Å². The monoisotopic (exact) mass is 148 g/mol. The SMILES string of the molecule is Cc1cc2c(F)[c]ccc2[nH]1. The van der Waals surface area contributed by atoms with E-state index in [0.29, 0.717) is 5.39 Å². The summed E-state index contributed by atoms with van der Waals surface area (Å²) in [6.07, 6.45) is 0. The summed E-state index contributed by atoms with van der Waals surface area (Å²) >= 11 is 0. The standard InChI is InChI=1S/C9H7FN/c1-6-5-7-8(10)3-2-4-9(7)11-6/h2,4-5,11H,1H3. The minimum absolute atomic E-state index is 0.285. The van der Waals surface area contributed by atoms with Crippen molar-refractivity contribution in [3.05, 3.63) is 35.8 Å². The molecule has 2 rings (SSSR count). The van der Waals surface area contributed by atoms with Gasteiger partial charge in [-0.2, -0.15) is 0 Å². The van der Waals surface area contributed by atoms with Gasteiger partial charge in [-0.1, -0.05) is 0 Å². The van der Waals surface area contributed by atoms with Crippen LogP contribution in [0.1, 0.15) is 5.69 Å². The summed E-state index contributed by atoms with van der Waals surface area (Å²) in [5.74, 6) is -0.285. The van der Waals surface area contributed by atoms with Crippen LogP contribution in [0, 0.1) is 18.8 Å². The molecule has 1 aromatic heterocycles. The fraction of sp³-hybridized carbons (Fsp3) is 0.111. The van der Waals surface area contributed by atoms with Gasteiger partial charge in [-0.15, -0.1) is 0 Å². The van der Waals surface area contributed by atoms with Gasteiger partial charge in [0.15, 0.2) is 0 Å². The summed E-state index contributed by atoms with van der Waals surface area (Å²) in [5, 5.41) is 0.616. The molecule has 1 aromatic carbocycles. The van der Waals surface area contributed by atoms with E-state index in [1.165, 1.54) is 0 Å². The maximum absolute atomic E-state index is 12.9. The third-order valence-corrected chi connectivity index (χ3v) is 1.68. The van der Waals surface area contributed by atoms with Gasteiger partial charge in [0.05, 0.1) is 0 Å². The fourth-order valence-electron chi connectivity index (χ4n) is 1.20. The third kappa shape index (κ3) is 0.909. The first-order valence-electron chi connectivity index (χ1n) is 3.43. The Labute approximate surface area is 63.9 Å². The maximum Gasteiger partial charge on any atom is 0.140 e. The minimum Gasteiger partial charge on any atom is -0.359 e. The first kappa shape index (κ1) is 6.40. The Morgan fingerprint density at radius 2 is 2.36 bits per heavy atom. The number of H-pyrrole nitrogens is 1. The Balaban J connectivity index is 2.90. The van der Waals surface area contributed by atoms with Crippen LogP contribution < -0.4 is 0 Å². The topological polar surface area (TPSA) is 15.8 Å². The van der Waals surface area contributed by atoms with Crippen molar-refractivity contribution in [2.24, 2.45) is 0 Å². The highest BCUT2D eigenvalue weighted by atomic mass is 19.1. The van der Waals surface area contributed by atoms with Crippen LogP contribution in [-0.2, 0) is 0 Å². The molecule has 0 atom stereocenters. The quantitative estimate of drug-likeness (QED) is 0.590. The van der Waals surface area contributed by atoms with Gasteiger partial charge in [0.25, 0.3) is 0 Å². The molecular formula is C9H7FN. The summed E-state index contributed by atoms with van der Waals surface area (Å²) in [6.45, 7) is 1.90. The van der Waals surface area contributed by atoms with E-state index in [9.17, 15) is 4.39 Å². The zero-order valence-corrected chi connectivity index (χ0v) is 6.11. The number of benzene rings is 1. The number of nitrogens with one attached hydrogen (secondary N) is 1. The zero-order valence-electron chi connectivity index (χ0n) is 6.11. The lowest BCUT2D eigenvalue weighted by molar-refractivity contribution is 0.638. The molecule has 0 fully saturated rings. The average molecular weight is 148 g/mol. The van der Waals surface area contributed by atoms with Crippen LogP contribution in [0.25, 0.3) is 10.9 Å². The van der Waals surface area contributed by atoms with Crippen LogP contribution >= 0.6 is 0 Å². The van der Waals surface area contributed by atoms with Gasteiger partial charge in [-0.3, -0.25) is 0 Å². The lowest BCUT2D eigenvalue weighted by Crippen LogP contribution is -1.73. The highest BCUT2D eigenvalue weighted by Crippen LogP contribution is 2.17. The summed E-state index contributed by atoms with van der Waals surface area (Å²) < 4.78 is 12.9. The second-order valence-corrected chi connectivity index (χ2v) is 2.57. The van der Waals surface area contributed by atoms with Crippen molar-refractivity contribution in [1.82, 2.24) is 4.98 Å². The van der Waals surface area contributed by atoms with Crippen molar-refractivity contribution in [1.29, 1.82) is 0 Å². The minimum atomic E-state index is -0.285. The predicted molar refractivity (Wildman–Crippen MR) is 41.8 cm³/mol. The van der Waals surface area contributed by atoms with Crippen molar-refractivity contribution in [3.8, 4) is 0 Å². The maximum atomic E-state index is 12.9. The van der Waals surface area contributed by atoms with E-state index < -0.39 is 0 Å². The Bertz CT molecular complexity index is 389. The van der Waals surface area contributed by atoms with Crippen LogP contribution in [-0.4, -0.2) is 4.98 Å². The molecule has 0 aliphatic carbocycles. The molecule has 1 N–H and O–H groups in total. The molecule has 1 nitrogen and oxygen atoms in total. The number of aromatic nitrogens is 1. The van der Waals surface area contributed by atoms with E-state index in [2.05, 4.69) is 11.1 Å². The molecule has 0 bridgehead atoms. The van der Waals surface area contributed by atoms with Gasteiger partial charge in [-0.25, -0.2) is 4.39 Å². The molecule has 0 spiro atoms. The van der Waals surface area contributed by atoms with E-state index in [1.807, 2.05) is 13.0 Å². The number of rotatable bonds is 0. The molecule has 2 heteroatoms. The first-order chi connectivity index (χ1) is 5.27. The van der Waals surface area contributed by atoms with Gasteiger partial charge in [0, 0.05) is 22.7 Å². The summed E-state index contributed by atoms with van der Waals surface area (Å²) in [5.41, 5.74) is 1.80. The van der Waals surface area contributed by atoms with Crippen molar-refractivity contribution in [2.75, 3.05) is 0 Å². The first-order valence-corrected chi connectivity index (χ1v) is 3.43. The van der Waals surface area contributed by atoms with Gasteiger partial charge >= 0.3 is 0 Å². The van der Waals surface area contributed by atoms with E-state index in [4.69, 9.17) is 0 Å². The molecule has 0 unspecified atom stereocenters. The molecule has 0 saturated heterocycles. The number of hydrogen-bond acceptors (Lipinski definition) is 0. The predicted octanol–water partition coefficient (Wildman–Crippen LogP) is 2.42. The Morgan fingerprint density at radius 3 is 3.09 bits per heavy atom. The lowest BCUT2D eigenvalue weighted by Gasteiger charge is -1.87. The summed E-state index contributed by atoms with van der Waals surface area (Å²) in [7, 11) is 0. The van der Waals surface area contributed by atoms with E-state index >= 15 is 0 Å². The highest BCUT2D eigenvalue weighted by Gasteiger charge is 2.01. The molecule has 55 valence electrons. The Kier molecular flexibility index (Phi) is 1.22. The zero-order chi connectivity index (χ0) is 7.84. The molecular weight excluding hydrogens is 141 g/mol. The molecule has 0 saturated carbocycles. The number of halogens is 1. The molecule has 0 amide bonds. The van der Waals surface area contributed by atoms with Gasteiger partial charge in [0.2, 0.25) is 0 Å². The largest absolute Gasteiger partial charge is 0.359 e. The second-order valence-electron chi connectivity index (χ2n) is 2.57. The van der Waals surface area contributed by atoms with Crippen molar-refractivity contribution in [2.45, 2.75) is 6.92 Å². The van der Waals surface area contributed by atoms with E-state index in [-0.39, 0.29) is 5.82 Å². The Morgan fingerprint density at radius 1 is 1.55 bits per heavy atom. The Hall–Kier alpha value is -1.31. The van der Waals surface area contributed by atoms with Crippen molar-refractivity contribution >= 4 is 10.9 Å². The molecule has 1 radical (unpaired) electrons. The molecule has 2 aromatic rings. The molecule has 0 aliphatic rings. The van der Waals surface area contributed by atoms with Gasteiger partial charge in [-0.05, 0) is 25.1 Å². The number of aryl methyl sites for hydroxylation is 1. The van der Waals surface area contributed by atoms with Gasteiger partial charge < -0.3 is 4.98 Å². The smallest absolute Gasteiger partial charge is 0.140 e. The summed E-state index contributed by atoms with van der Waals surface area (Å²) in [6, 6.07) is 7.67. The third-order valence-electron chi connectivity index (χ3n) is 1.68. The lowest BCUT2D eigenvalue weighted by atomic mass is 10.2. The second kappa shape index (κ2) is 2.09. The number of hydrogen-bond donors (Lipinski definition) is 1. The summed E-state index contributed by atoms with van der Waals surface area (Å²) in [4.78, 5) is 3.04. The fourth-order valence-corrected chi connectivity index (χ4v) is 1.20. The van der Waals surface area contributed by atoms with Crippen LogP contribution in [0.2, 0.25) is 0 Å². The van der Waals surface area contributed by atoms with Crippen molar-refractivity contribution < 1.29 is 4.39 Å². The van der Waals surface area contributed by atoms with Gasteiger partial charge in [0.1, 0.15) is 5.82 Å². The normalized spacial score (nSPS) is 10.7. The number of aromatic amines is 1. The van der Waals surface area contributed by atoms with E-state index in [1.54, 1.807) is 12.1 Å². The number of fused-ring (bicyclic) bond motifs is 1. The van der Waals surface area contributed by atoms with Crippen LogP contribution in [0.5, 0.6) is 0 Å². The molecule has 0 aliphatic heterocycles. The van der Waals surface area contributed by atoms with Crippen LogP contribution in [0.3, 0.4) is 0 Å². The molecule has 1 heterocycles. The van der Waals surface area contributed by atoms with Crippen molar-refractivity contribution in [3.63, 3.8) is 0 Å².